The van der Waals surface area contributed by atoms with Crippen molar-refractivity contribution >= 4 is 27.3 Å². The molecule has 1 atom stereocenters. The summed E-state index contributed by atoms with van der Waals surface area (Å²) in [5.41, 5.74) is 6.16. The molecule has 1 fully saturated rings. The molecule has 12 heavy (non-hydrogen) atoms. The molecule has 1 heterocycles. The summed E-state index contributed by atoms with van der Waals surface area (Å²) in [4.78, 5) is 1.30. The molecule has 0 amide bonds. The van der Waals surface area contributed by atoms with Crippen LogP contribution in [0, 0.1) is 5.92 Å². The number of hydrogen-bond acceptors (Lipinski definition) is 2. The second-order valence-corrected chi connectivity index (χ2v) is 6.12. The minimum absolute atomic E-state index is 0.0866. The van der Waals surface area contributed by atoms with E-state index in [0.717, 1.165) is 0 Å². The predicted molar refractivity (Wildman–Crippen MR) is 56.3 cm³/mol. The van der Waals surface area contributed by atoms with Crippen molar-refractivity contribution < 1.29 is 0 Å². The van der Waals surface area contributed by atoms with Crippen LogP contribution in [-0.4, -0.2) is 0 Å². The van der Waals surface area contributed by atoms with Crippen molar-refractivity contribution in [2.24, 2.45) is 11.7 Å². The summed E-state index contributed by atoms with van der Waals surface area (Å²) >= 11 is 5.21. The largest absolute Gasteiger partial charge is 0.321 e. The molecular weight excluding hydrogens is 234 g/mol. The molecule has 0 aromatic carbocycles. The van der Waals surface area contributed by atoms with E-state index in [-0.39, 0.29) is 5.54 Å². The quantitative estimate of drug-likeness (QED) is 0.852. The van der Waals surface area contributed by atoms with Gasteiger partial charge in [-0.3, -0.25) is 0 Å². The van der Waals surface area contributed by atoms with Gasteiger partial charge in [-0.15, -0.1) is 11.3 Å². The molecule has 0 radical (unpaired) electrons. The van der Waals surface area contributed by atoms with E-state index in [2.05, 4.69) is 35.0 Å². The lowest BCUT2D eigenvalue weighted by Crippen LogP contribution is -2.34. The summed E-state index contributed by atoms with van der Waals surface area (Å²) in [7, 11) is 0. The number of rotatable bonds is 2. The topological polar surface area (TPSA) is 26.0 Å². The highest BCUT2D eigenvalue weighted by Crippen LogP contribution is 2.46. The molecule has 1 aromatic heterocycles. The Hall–Kier alpha value is 0.140. The average molecular weight is 246 g/mol. The number of halogens is 1. The van der Waals surface area contributed by atoms with Crippen LogP contribution in [-0.2, 0) is 5.54 Å². The second kappa shape index (κ2) is 2.82. The summed E-state index contributed by atoms with van der Waals surface area (Å²) < 4.78 is 1.18. The van der Waals surface area contributed by atoms with E-state index in [1.54, 1.807) is 11.3 Å². The van der Waals surface area contributed by atoms with Gasteiger partial charge < -0.3 is 5.73 Å². The standard InChI is InChI=1S/C9H12BrNS/c1-9(11,6-2-3-6)7-4-5-8(10)12-7/h4-6H,2-3,11H2,1H3. The predicted octanol–water partition coefficient (Wildman–Crippen LogP) is 3.09. The molecule has 66 valence electrons. The normalized spacial score (nSPS) is 22.2. The van der Waals surface area contributed by atoms with E-state index in [4.69, 9.17) is 5.73 Å². The lowest BCUT2D eigenvalue weighted by atomic mass is 9.95. The second-order valence-electron chi connectivity index (χ2n) is 3.66. The molecule has 0 aliphatic heterocycles. The lowest BCUT2D eigenvalue weighted by Gasteiger charge is -2.22. The maximum atomic E-state index is 6.25. The molecule has 0 saturated heterocycles. The highest BCUT2D eigenvalue weighted by atomic mass is 79.9. The monoisotopic (exact) mass is 245 g/mol. The first-order valence-electron chi connectivity index (χ1n) is 4.15. The van der Waals surface area contributed by atoms with Gasteiger partial charge >= 0.3 is 0 Å². The molecule has 1 saturated carbocycles. The Labute approximate surface area is 85.1 Å². The smallest absolute Gasteiger partial charge is 0.0702 e. The summed E-state index contributed by atoms with van der Waals surface area (Å²) in [6.07, 6.45) is 2.59. The summed E-state index contributed by atoms with van der Waals surface area (Å²) in [6, 6.07) is 4.21. The number of thiophene rings is 1. The van der Waals surface area contributed by atoms with Crippen LogP contribution in [0.3, 0.4) is 0 Å². The maximum Gasteiger partial charge on any atom is 0.0702 e. The van der Waals surface area contributed by atoms with Gasteiger partial charge in [-0.05, 0) is 53.7 Å². The van der Waals surface area contributed by atoms with Crippen molar-refractivity contribution in [2.75, 3.05) is 0 Å². The molecule has 1 nitrogen and oxygen atoms in total. The van der Waals surface area contributed by atoms with Crippen molar-refractivity contribution in [3.63, 3.8) is 0 Å². The number of nitrogens with two attached hydrogens (primary N) is 1. The van der Waals surface area contributed by atoms with Crippen LogP contribution in [0.25, 0.3) is 0 Å². The van der Waals surface area contributed by atoms with Crippen LogP contribution in [0.1, 0.15) is 24.6 Å². The van der Waals surface area contributed by atoms with Crippen LogP contribution >= 0.6 is 27.3 Å². The van der Waals surface area contributed by atoms with Gasteiger partial charge in [0.15, 0.2) is 0 Å². The third-order valence-corrected chi connectivity index (χ3v) is 4.41. The molecule has 0 spiro atoms. The van der Waals surface area contributed by atoms with Crippen molar-refractivity contribution in [3.8, 4) is 0 Å². The molecule has 1 aliphatic rings. The zero-order valence-electron chi connectivity index (χ0n) is 7.01. The van der Waals surface area contributed by atoms with Crippen LogP contribution in [0.4, 0.5) is 0 Å². The molecular formula is C9H12BrNS. The highest BCUT2D eigenvalue weighted by Gasteiger charge is 2.40. The van der Waals surface area contributed by atoms with Gasteiger partial charge in [-0.25, -0.2) is 0 Å². The van der Waals surface area contributed by atoms with Gasteiger partial charge in [0.05, 0.1) is 9.33 Å². The Morgan fingerprint density at radius 2 is 2.25 bits per heavy atom. The fourth-order valence-electron chi connectivity index (χ4n) is 1.49. The third-order valence-electron chi connectivity index (χ3n) is 2.53. The zero-order valence-corrected chi connectivity index (χ0v) is 9.41. The van der Waals surface area contributed by atoms with Crippen LogP contribution in [0.5, 0.6) is 0 Å². The van der Waals surface area contributed by atoms with E-state index in [9.17, 15) is 0 Å². The average Bonchev–Trinajstić information content (AvgIpc) is 2.75. The van der Waals surface area contributed by atoms with Crippen molar-refractivity contribution in [1.29, 1.82) is 0 Å². The lowest BCUT2D eigenvalue weighted by molar-refractivity contribution is 0.436. The van der Waals surface area contributed by atoms with E-state index >= 15 is 0 Å². The van der Waals surface area contributed by atoms with E-state index in [0.29, 0.717) is 5.92 Å². The van der Waals surface area contributed by atoms with Gasteiger partial charge in [0.25, 0.3) is 0 Å². The Bertz CT molecular complexity index is 288. The van der Waals surface area contributed by atoms with Gasteiger partial charge in [-0.1, -0.05) is 0 Å². The summed E-state index contributed by atoms with van der Waals surface area (Å²) in [6.45, 7) is 2.14. The highest BCUT2D eigenvalue weighted by molar-refractivity contribution is 9.11. The van der Waals surface area contributed by atoms with E-state index < -0.39 is 0 Å². The minimum atomic E-state index is -0.0866. The Morgan fingerprint density at radius 1 is 1.58 bits per heavy atom. The third kappa shape index (κ3) is 1.45. The molecule has 1 aromatic rings. The van der Waals surface area contributed by atoms with Crippen LogP contribution in [0.15, 0.2) is 15.9 Å². The maximum absolute atomic E-state index is 6.25. The van der Waals surface area contributed by atoms with Gasteiger partial charge in [0, 0.05) is 4.88 Å². The SMILES string of the molecule is CC(N)(c1ccc(Br)s1)C1CC1. The summed E-state index contributed by atoms with van der Waals surface area (Å²) in [5, 5.41) is 0. The first-order valence-corrected chi connectivity index (χ1v) is 5.76. The first-order chi connectivity index (χ1) is 5.60. The Balaban J connectivity index is 2.27. The molecule has 2 N–H and O–H groups in total. The molecule has 0 bridgehead atoms. The van der Waals surface area contributed by atoms with Crippen molar-refractivity contribution in [3.05, 3.63) is 20.8 Å². The van der Waals surface area contributed by atoms with E-state index in [1.807, 2.05) is 0 Å². The minimum Gasteiger partial charge on any atom is -0.321 e. The zero-order chi connectivity index (χ0) is 8.77. The van der Waals surface area contributed by atoms with Gasteiger partial charge in [-0.2, -0.15) is 0 Å². The van der Waals surface area contributed by atoms with Crippen LogP contribution in [0.2, 0.25) is 0 Å². The summed E-state index contributed by atoms with van der Waals surface area (Å²) in [5.74, 6) is 0.711. The Kier molecular flexibility index (Phi) is 2.05. The fourth-order valence-corrected chi connectivity index (χ4v) is 3.01. The Morgan fingerprint density at radius 3 is 2.67 bits per heavy atom. The first kappa shape index (κ1) is 8.73. The van der Waals surface area contributed by atoms with Crippen LogP contribution < -0.4 is 5.73 Å². The molecule has 1 unspecified atom stereocenters. The molecule has 1 aliphatic carbocycles. The molecule has 2 rings (SSSR count). The van der Waals surface area contributed by atoms with E-state index in [1.165, 1.54) is 21.5 Å². The van der Waals surface area contributed by atoms with Gasteiger partial charge in [0.1, 0.15) is 0 Å². The van der Waals surface area contributed by atoms with Crippen molar-refractivity contribution in [2.45, 2.75) is 25.3 Å². The van der Waals surface area contributed by atoms with Gasteiger partial charge in [0.2, 0.25) is 0 Å². The molecule has 3 heteroatoms. The van der Waals surface area contributed by atoms with Crippen molar-refractivity contribution in [1.82, 2.24) is 0 Å². The number of hydrogen-bond donors (Lipinski definition) is 1. The fraction of sp³-hybridized carbons (Fsp3) is 0.556.